The monoisotopic (exact) mass is 325 g/mol. The third-order valence-corrected chi connectivity index (χ3v) is 4.05. The van der Waals surface area contributed by atoms with Crippen molar-refractivity contribution in [1.82, 2.24) is 15.1 Å². The molecule has 2 rings (SSSR count). The number of rotatable bonds is 4. The lowest BCUT2D eigenvalue weighted by molar-refractivity contribution is -0.127. The van der Waals surface area contributed by atoms with Gasteiger partial charge in [-0.05, 0) is 30.5 Å². The van der Waals surface area contributed by atoms with Crippen molar-refractivity contribution in [3.63, 3.8) is 0 Å². The zero-order valence-electron chi connectivity index (χ0n) is 13.3. The van der Waals surface area contributed by atoms with Gasteiger partial charge in [-0.2, -0.15) is 0 Å². The predicted molar refractivity (Wildman–Crippen MR) is 81.6 cm³/mol. The van der Waals surface area contributed by atoms with Crippen molar-refractivity contribution < 1.29 is 18.4 Å². The lowest BCUT2D eigenvalue weighted by Gasteiger charge is -2.22. The molecule has 0 radical (unpaired) electrons. The largest absolute Gasteiger partial charge is 0.343 e. The molecule has 1 aromatic carbocycles. The number of urea groups is 1. The van der Waals surface area contributed by atoms with Crippen LogP contribution in [0.25, 0.3) is 0 Å². The second-order valence-electron chi connectivity index (χ2n) is 5.89. The maximum Gasteiger partial charge on any atom is 0.317 e. The highest BCUT2D eigenvalue weighted by Crippen LogP contribution is 2.17. The summed E-state index contributed by atoms with van der Waals surface area (Å²) in [4.78, 5) is 26.6. The summed E-state index contributed by atoms with van der Waals surface area (Å²) in [5.41, 5.74) is 0.107. The van der Waals surface area contributed by atoms with E-state index in [4.69, 9.17) is 0 Å². The number of hydrogen-bond donors (Lipinski definition) is 1. The smallest absolute Gasteiger partial charge is 0.317 e. The van der Waals surface area contributed by atoms with E-state index in [1.54, 1.807) is 11.9 Å². The molecule has 1 heterocycles. The number of hydrogen-bond acceptors (Lipinski definition) is 2. The maximum atomic E-state index is 13.5. The fourth-order valence-electron chi connectivity index (χ4n) is 2.72. The first-order valence-corrected chi connectivity index (χ1v) is 7.55. The van der Waals surface area contributed by atoms with E-state index in [9.17, 15) is 18.4 Å². The third kappa shape index (κ3) is 4.64. The number of amides is 3. The Balaban J connectivity index is 1.81. The number of carbonyl (C=O) groups is 2. The van der Waals surface area contributed by atoms with Gasteiger partial charge in [0.05, 0.1) is 0 Å². The van der Waals surface area contributed by atoms with E-state index in [1.807, 2.05) is 0 Å². The highest BCUT2D eigenvalue weighted by atomic mass is 19.1. The molecule has 1 aliphatic rings. The second kappa shape index (κ2) is 7.39. The van der Waals surface area contributed by atoms with Gasteiger partial charge in [0.2, 0.25) is 5.91 Å². The van der Waals surface area contributed by atoms with Gasteiger partial charge >= 0.3 is 6.03 Å². The Labute approximate surface area is 134 Å². The van der Waals surface area contributed by atoms with Crippen molar-refractivity contribution in [2.75, 3.05) is 26.7 Å². The molecular weight excluding hydrogens is 304 g/mol. The number of carbonyl (C=O) groups excluding carboxylic acids is 2. The Morgan fingerprint density at radius 1 is 1.39 bits per heavy atom. The second-order valence-corrected chi connectivity index (χ2v) is 5.89. The fraction of sp³-hybridized carbons (Fsp3) is 0.500. The lowest BCUT2D eigenvalue weighted by atomic mass is 10.1. The molecule has 1 atom stereocenters. The minimum atomic E-state index is -0.553. The van der Waals surface area contributed by atoms with E-state index < -0.39 is 11.6 Å². The van der Waals surface area contributed by atoms with Crippen molar-refractivity contribution >= 4 is 11.9 Å². The molecule has 23 heavy (non-hydrogen) atoms. The molecule has 1 N–H and O–H groups in total. The van der Waals surface area contributed by atoms with Gasteiger partial charge in [0.1, 0.15) is 11.6 Å². The summed E-state index contributed by atoms with van der Waals surface area (Å²) < 4.78 is 26.6. The van der Waals surface area contributed by atoms with Crippen molar-refractivity contribution in [3.8, 4) is 0 Å². The molecule has 1 saturated heterocycles. The van der Waals surface area contributed by atoms with Crippen molar-refractivity contribution in [2.24, 2.45) is 5.92 Å². The summed E-state index contributed by atoms with van der Waals surface area (Å²) in [5.74, 6) is -0.816. The van der Waals surface area contributed by atoms with Gasteiger partial charge in [-0.3, -0.25) is 4.79 Å². The van der Waals surface area contributed by atoms with Crippen LogP contribution >= 0.6 is 0 Å². The molecule has 0 aromatic heterocycles. The van der Waals surface area contributed by atoms with Crippen LogP contribution in [0, 0.1) is 17.6 Å². The van der Waals surface area contributed by atoms with Crippen molar-refractivity contribution in [3.05, 3.63) is 35.4 Å². The number of likely N-dealkylation sites (tertiary alicyclic amines) is 1. The molecule has 1 fully saturated rings. The zero-order chi connectivity index (χ0) is 17.0. The summed E-state index contributed by atoms with van der Waals surface area (Å²) in [7, 11) is 1.65. The molecule has 1 aliphatic heterocycles. The molecule has 0 aliphatic carbocycles. The number of benzene rings is 1. The molecule has 5 nitrogen and oxygen atoms in total. The van der Waals surface area contributed by atoms with E-state index in [1.165, 1.54) is 11.8 Å². The lowest BCUT2D eigenvalue weighted by Crippen LogP contribution is -2.40. The highest BCUT2D eigenvalue weighted by molar-refractivity contribution is 5.74. The summed E-state index contributed by atoms with van der Waals surface area (Å²) in [5, 5.41) is 2.57. The van der Waals surface area contributed by atoms with Crippen LogP contribution in [-0.4, -0.2) is 48.4 Å². The van der Waals surface area contributed by atoms with Crippen LogP contribution in [-0.2, 0) is 11.3 Å². The molecule has 1 aromatic rings. The van der Waals surface area contributed by atoms with Crippen LogP contribution in [0.15, 0.2) is 18.2 Å². The molecule has 0 spiro atoms. The molecule has 1 unspecified atom stereocenters. The number of halogens is 2. The fourth-order valence-corrected chi connectivity index (χ4v) is 2.72. The molecule has 3 amide bonds. The Hall–Kier alpha value is -2.18. The first-order valence-electron chi connectivity index (χ1n) is 7.55. The van der Waals surface area contributed by atoms with Gasteiger partial charge in [0, 0.05) is 45.7 Å². The van der Waals surface area contributed by atoms with Gasteiger partial charge in [-0.1, -0.05) is 0 Å². The first kappa shape index (κ1) is 17.2. The third-order valence-electron chi connectivity index (χ3n) is 4.05. The van der Waals surface area contributed by atoms with Gasteiger partial charge in [0.25, 0.3) is 0 Å². The molecule has 7 heteroatoms. The van der Waals surface area contributed by atoms with Gasteiger partial charge in [-0.25, -0.2) is 13.6 Å². The van der Waals surface area contributed by atoms with Crippen LogP contribution in [0.5, 0.6) is 0 Å². The quantitative estimate of drug-likeness (QED) is 0.920. The average molecular weight is 325 g/mol. The standard InChI is InChI=1S/C16H21F2N3O2/c1-11(22)21-6-5-12(10-21)9-20(2)16(23)19-8-13-7-14(17)3-4-15(13)18/h3-4,7,12H,5-6,8-10H2,1-2H3,(H,19,23). The molecule has 126 valence electrons. The number of nitrogens with one attached hydrogen (secondary N) is 1. The minimum Gasteiger partial charge on any atom is -0.343 e. The maximum absolute atomic E-state index is 13.5. The highest BCUT2D eigenvalue weighted by Gasteiger charge is 2.26. The Kier molecular flexibility index (Phi) is 5.52. The van der Waals surface area contributed by atoms with Gasteiger partial charge < -0.3 is 15.1 Å². The molecular formula is C16H21F2N3O2. The number of nitrogens with zero attached hydrogens (tertiary/aromatic N) is 2. The molecule has 0 saturated carbocycles. The summed E-state index contributed by atoms with van der Waals surface area (Å²) in [6.07, 6.45) is 0.857. The van der Waals surface area contributed by atoms with Crippen LogP contribution in [0.2, 0.25) is 0 Å². The van der Waals surface area contributed by atoms with E-state index in [2.05, 4.69) is 5.32 Å². The SMILES string of the molecule is CC(=O)N1CCC(CN(C)C(=O)NCc2cc(F)ccc2F)C1. The zero-order valence-corrected chi connectivity index (χ0v) is 13.3. The van der Waals surface area contributed by atoms with E-state index in [-0.39, 0.29) is 30.0 Å². The van der Waals surface area contributed by atoms with E-state index in [0.29, 0.717) is 19.6 Å². The van der Waals surface area contributed by atoms with Gasteiger partial charge in [0.15, 0.2) is 0 Å². The predicted octanol–water partition coefficient (Wildman–Crippen LogP) is 1.97. The van der Waals surface area contributed by atoms with Crippen LogP contribution in [0.1, 0.15) is 18.9 Å². The van der Waals surface area contributed by atoms with E-state index >= 15 is 0 Å². The van der Waals surface area contributed by atoms with Gasteiger partial charge in [-0.15, -0.1) is 0 Å². The Morgan fingerprint density at radius 3 is 2.78 bits per heavy atom. The average Bonchev–Trinajstić information content (AvgIpc) is 2.96. The summed E-state index contributed by atoms with van der Waals surface area (Å²) in [6.45, 7) is 3.33. The van der Waals surface area contributed by atoms with Crippen LogP contribution < -0.4 is 5.32 Å². The van der Waals surface area contributed by atoms with Crippen LogP contribution in [0.4, 0.5) is 13.6 Å². The van der Waals surface area contributed by atoms with Crippen molar-refractivity contribution in [1.29, 1.82) is 0 Å². The summed E-state index contributed by atoms with van der Waals surface area (Å²) >= 11 is 0. The van der Waals surface area contributed by atoms with E-state index in [0.717, 1.165) is 24.6 Å². The Bertz CT molecular complexity index is 595. The first-order chi connectivity index (χ1) is 10.9. The topological polar surface area (TPSA) is 52.7 Å². The normalized spacial score (nSPS) is 17.2. The summed E-state index contributed by atoms with van der Waals surface area (Å²) in [6, 6.07) is 2.79. The molecule has 0 bridgehead atoms. The van der Waals surface area contributed by atoms with Crippen molar-refractivity contribution in [2.45, 2.75) is 19.9 Å². The van der Waals surface area contributed by atoms with Crippen LogP contribution in [0.3, 0.4) is 0 Å². The minimum absolute atomic E-state index is 0.0428. The Morgan fingerprint density at radius 2 is 2.13 bits per heavy atom.